The number of nitrogens with one attached hydrogen (secondary N) is 1. The lowest BCUT2D eigenvalue weighted by atomic mass is 10.0. The maximum atomic E-state index is 9.88. The number of aryl methyl sites for hydroxylation is 1. The van der Waals surface area contributed by atoms with Crippen LogP contribution in [0.25, 0.3) is 0 Å². The first-order valence-corrected chi connectivity index (χ1v) is 5.83. The van der Waals surface area contributed by atoms with Gasteiger partial charge in [-0.25, -0.2) is 0 Å². The summed E-state index contributed by atoms with van der Waals surface area (Å²) in [7, 11) is 2.01. The zero-order chi connectivity index (χ0) is 11.4. The van der Waals surface area contributed by atoms with E-state index < -0.39 is 0 Å². The highest BCUT2D eigenvalue weighted by Gasteiger charge is 2.23. The van der Waals surface area contributed by atoms with E-state index in [0.717, 1.165) is 19.6 Å². The molecule has 2 atom stereocenters. The molecule has 1 fully saturated rings. The molecule has 0 bridgehead atoms. The quantitative estimate of drug-likeness (QED) is 0.766. The Morgan fingerprint density at radius 1 is 1.69 bits per heavy atom. The molecule has 1 aromatic heterocycles. The molecule has 0 aromatic carbocycles. The van der Waals surface area contributed by atoms with Crippen molar-refractivity contribution in [2.45, 2.75) is 19.1 Å². The number of hydrogen-bond acceptors (Lipinski definition) is 3. The van der Waals surface area contributed by atoms with Gasteiger partial charge in [0.15, 0.2) is 0 Å². The molecule has 0 amide bonds. The van der Waals surface area contributed by atoms with E-state index in [-0.39, 0.29) is 6.10 Å². The number of aliphatic hydroxyl groups excluding tert-OH is 1. The third-order valence-electron chi connectivity index (χ3n) is 3.08. The lowest BCUT2D eigenvalue weighted by Crippen LogP contribution is -2.32. The Morgan fingerprint density at radius 2 is 2.56 bits per heavy atom. The second-order valence-corrected chi connectivity index (χ2v) is 4.51. The molecule has 2 heterocycles. The van der Waals surface area contributed by atoms with Crippen molar-refractivity contribution in [2.75, 3.05) is 19.8 Å². The van der Waals surface area contributed by atoms with Crippen LogP contribution in [0, 0.1) is 5.92 Å². The van der Waals surface area contributed by atoms with Crippen LogP contribution in [0.5, 0.6) is 0 Å². The average molecular weight is 224 g/mol. The van der Waals surface area contributed by atoms with Gasteiger partial charge in [0.25, 0.3) is 0 Å². The van der Waals surface area contributed by atoms with Gasteiger partial charge in [-0.15, -0.1) is 0 Å². The summed E-state index contributed by atoms with van der Waals surface area (Å²) in [6.45, 7) is 2.95. The fourth-order valence-corrected chi connectivity index (χ4v) is 2.05. The van der Waals surface area contributed by atoms with Crippen LogP contribution < -0.4 is 5.32 Å². The summed E-state index contributed by atoms with van der Waals surface area (Å²) in [6.07, 6.45) is 4.80. The monoisotopic (exact) mass is 224 g/mol. The summed E-state index contributed by atoms with van der Waals surface area (Å²) >= 11 is 0. The van der Waals surface area contributed by atoms with Crippen LogP contribution in [0.3, 0.4) is 0 Å². The first-order chi connectivity index (χ1) is 7.75. The van der Waals surface area contributed by atoms with Crippen molar-refractivity contribution in [3.8, 4) is 0 Å². The highest BCUT2D eigenvalue weighted by atomic mass is 16.5. The predicted octanol–water partition coefficient (Wildman–Crippen LogP) is 0.512. The van der Waals surface area contributed by atoms with Crippen molar-refractivity contribution in [3.05, 3.63) is 24.0 Å². The van der Waals surface area contributed by atoms with E-state index in [0.29, 0.717) is 19.1 Å². The van der Waals surface area contributed by atoms with Crippen LogP contribution in [-0.2, 0) is 18.3 Å². The topological polar surface area (TPSA) is 46.4 Å². The molecular weight excluding hydrogens is 204 g/mol. The number of aliphatic hydroxyl groups is 1. The third kappa shape index (κ3) is 3.07. The van der Waals surface area contributed by atoms with Gasteiger partial charge in [0.1, 0.15) is 0 Å². The Balaban J connectivity index is 1.67. The van der Waals surface area contributed by atoms with Crippen molar-refractivity contribution in [1.29, 1.82) is 0 Å². The third-order valence-corrected chi connectivity index (χ3v) is 3.08. The molecule has 2 rings (SSSR count). The Morgan fingerprint density at radius 3 is 3.19 bits per heavy atom. The summed E-state index contributed by atoms with van der Waals surface area (Å²) in [5.41, 5.74) is 1.25. The van der Waals surface area contributed by atoms with E-state index in [1.54, 1.807) is 0 Å². The molecule has 4 heteroatoms. The smallest absolute Gasteiger partial charge is 0.0715 e. The zero-order valence-corrected chi connectivity index (χ0v) is 9.72. The predicted molar refractivity (Wildman–Crippen MR) is 62.1 cm³/mol. The van der Waals surface area contributed by atoms with Gasteiger partial charge in [0.2, 0.25) is 0 Å². The normalized spacial score (nSPS) is 22.5. The zero-order valence-electron chi connectivity index (χ0n) is 9.72. The summed E-state index contributed by atoms with van der Waals surface area (Å²) in [5, 5.41) is 13.2. The van der Waals surface area contributed by atoms with Gasteiger partial charge >= 0.3 is 0 Å². The first-order valence-electron chi connectivity index (χ1n) is 5.83. The fraction of sp³-hybridized carbons (Fsp3) is 0.667. The maximum absolute atomic E-state index is 9.88. The van der Waals surface area contributed by atoms with E-state index in [1.165, 1.54) is 5.56 Å². The van der Waals surface area contributed by atoms with Gasteiger partial charge in [0, 0.05) is 45.1 Å². The van der Waals surface area contributed by atoms with E-state index in [4.69, 9.17) is 4.74 Å². The molecular formula is C12H20N2O2. The molecule has 2 N–H and O–H groups in total. The molecule has 0 spiro atoms. The average Bonchev–Trinajstić information content (AvgIpc) is 2.89. The molecule has 2 unspecified atom stereocenters. The van der Waals surface area contributed by atoms with Crippen LogP contribution in [0.1, 0.15) is 12.0 Å². The highest BCUT2D eigenvalue weighted by molar-refractivity contribution is 5.09. The minimum atomic E-state index is -0.286. The summed E-state index contributed by atoms with van der Waals surface area (Å²) in [6, 6.07) is 2.08. The Hall–Kier alpha value is -0.840. The Bertz CT molecular complexity index is 319. The van der Waals surface area contributed by atoms with Crippen molar-refractivity contribution in [2.24, 2.45) is 13.0 Å². The lowest BCUT2D eigenvalue weighted by molar-refractivity contribution is 0.0906. The molecule has 0 aliphatic carbocycles. The molecule has 0 radical (unpaired) electrons. The molecule has 1 aromatic rings. The van der Waals surface area contributed by atoms with Crippen LogP contribution in [-0.4, -0.2) is 35.5 Å². The molecule has 90 valence electrons. The molecule has 4 nitrogen and oxygen atoms in total. The summed E-state index contributed by atoms with van der Waals surface area (Å²) < 4.78 is 7.28. The molecule has 0 saturated carbocycles. The molecule has 1 aliphatic heterocycles. The number of rotatable bonds is 5. The molecule has 1 aliphatic rings. The number of aromatic nitrogens is 1. The maximum Gasteiger partial charge on any atom is 0.0715 e. The summed E-state index contributed by atoms with van der Waals surface area (Å²) in [4.78, 5) is 0. The minimum Gasteiger partial charge on any atom is -0.391 e. The van der Waals surface area contributed by atoms with E-state index in [2.05, 4.69) is 17.6 Å². The number of ether oxygens (including phenoxy) is 1. The van der Waals surface area contributed by atoms with Gasteiger partial charge in [-0.3, -0.25) is 0 Å². The van der Waals surface area contributed by atoms with Gasteiger partial charge in [0.05, 0.1) is 12.7 Å². The van der Waals surface area contributed by atoms with Crippen LogP contribution >= 0.6 is 0 Å². The van der Waals surface area contributed by atoms with Crippen molar-refractivity contribution >= 4 is 0 Å². The van der Waals surface area contributed by atoms with E-state index in [1.807, 2.05) is 17.8 Å². The van der Waals surface area contributed by atoms with Crippen LogP contribution in [0.4, 0.5) is 0 Å². The largest absolute Gasteiger partial charge is 0.391 e. The van der Waals surface area contributed by atoms with Crippen molar-refractivity contribution in [1.82, 2.24) is 9.88 Å². The van der Waals surface area contributed by atoms with Crippen LogP contribution in [0.2, 0.25) is 0 Å². The van der Waals surface area contributed by atoms with Gasteiger partial charge in [-0.1, -0.05) is 0 Å². The fourth-order valence-electron chi connectivity index (χ4n) is 2.05. The van der Waals surface area contributed by atoms with Gasteiger partial charge in [-0.2, -0.15) is 0 Å². The first kappa shape index (κ1) is 11.6. The van der Waals surface area contributed by atoms with E-state index >= 15 is 0 Å². The second kappa shape index (κ2) is 5.48. The molecule has 16 heavy (non-hydrogen) atoms. The Kier molecular flexibility index (Phi) is 3.98. The number of hydrogen-bond donors (Lipinski definition) is 2. The number of nitrogens with zero attached hydrogens (tertiary/aromatic N) is 1. The van der Waals surface area contributed by atoms with Crippen LogP contribution in [0.15, 0.2) is 18.5 Å². The van der Waals surface area contributed by atoms with E-state index in [9.17, 15) is 5.11 Å². The highest BCUT2D eigenvalue weighted by Crippen LogP contribution is 2.16. The SMILES string of the molecule is Cn1ccc(CNCC(O)C2CCOC2)c1. The molecule has 1 saturated heterocycles. The minimum absolute atomic E-state index is 0.286. The second-order valence-electron chi connectivity index (χ2n) is 4.51. The summed E-state index contributed by atoms with van der Waals surface area (Å²) in [5.74, 6) is 0.309. The standard InChI is InChI=1S/C12H20N2O2/c1-14-4-2-10(8-14)6-13-7-12(15)11-3-5-16-9-11/h2,4,8,11-13,15H,3,5-7,9H2,1H3. The lowest BCUT2D eigenvalue weighted by Gasteiger charge is -2.16. The van der Waals surface area contributed by atoms with Crippen molar-refractivity contribution in [3.63, 3.8) is 0 Å². The Labute approximate surface area is 96.2 Å². The van der Waals surface area contributed by atoms with Crippen molar-refractivity contribution < 1.29 is 9.84 Å². The van der Waals surface area contributed by atoms with Gasteiger partial charge in [-0.05, 0) is 18.1 Å². The van der Waals surface area contributed by atoms with Gasteiger partial charge < -0.3 is 19.7 Å².